The van der Waals surface area contributed by atoms with E-state index < -0.39 is 0 Å². The Bertz CT molecular complexity index is 596. The zero-order valence-electron chi connectivity index (χ0n) is 10.6. The van der Waals surface area contributed by atoms with E-state index in [0.717, 1.165) is 22.7 Å². The molecule has 2 aromatic rings. The highest BCUT2D eigenvalue weighted by Gasteiger charge is 2.26. The highest BCUT2D eigenvalue weighted by atomic mass is 35.5. The molecule has 0 spiro atoms. The van der Waals surface area contributed by atoms with Gasteiger partial charge in [0.1, 0.15) is 5.82 Å². The molecule has 1 aromatic heterocycles. The molecule has 0 fully saturated rings. The molecule has 3 rings (SSSR count). The van der Waals surface area contributed by atoms with Crippen LogP contribution in [0, 0.1) is 5.82 Å². The third kappa shape index (κ3) is 2.69. The molecule has 1 N–H and O–H groups in total. The Labute approximate surface area is 121 Å². The molecule has 4 heteroatoms. The van der Waals surface area contributed by atoms with Gasteiger partial charge in [-0.2, -0.15) is 0 Å². The van der Waals surface area contributed by atoms with Gasteiger partial charge in [0.2, 0.25) is 0 Å². The van der Waals surface area contributed by atoms with E-state index in [2.05, 4.69) is 18.3 Å². The van der Waals surface area contributed by atoms with Crippen LogP contribution in [-0.4, -0.2) is 0 Å². The first-order valence-corrected chi connectivity index (χ1v) is 7.62. The van der Waals surface area contributed by atoms with Gasteiger partial charge < -0.3 is 5.32 Å². The molecule has 1 nitrogen and oxygen atoms in total. The van der Waals surface area contributed by atoms with Crippen LogP contribution >= 0.6 is 22.9 Å². The summed E-state index contributed by atoms with van der Waals surface area (Å²) in [5.41, 5.74) is 2.30. The largest absolute Gasteiger partial charge is 0.303 e. The first-order chi connectivity index (χ1) is 9.13. The fourth-order valence-electron chi connectivity index (χ4n) is 2.68. The van der Waals surface area contributed by atoms with Crippen molar-refractivity contribution in [3.63, 3.8) is 0 Å². The Kier molecular flexibility index (Phi) is 3.61. The summed E-state index contributed by atoms with van der Waals surface area (Å²) in [6, 6.07) is 9.30. The minimum atomic E-state index is -0.183. The summed E-state index contributed by atoms with van der Waals surface area (Å²) in [6.07, 6.45) is 2.18. The Balaban J connectivity index is 1.75. The molecule has 1 unspecified atom stereocenters. The molecule has 0 bridgehead atoms. The number of hydrogen-bond acceptors (Lipinski definition) is 2. The molecule has 100 valence electrons. The van der Waals surface area contributed by atoms with Crippen LogP contribution in [0.2, 0.25) is 4.34 Å². The lowest BCUT2D eigenvalue weighted by molar-refractivity contribution is 0.463. The van der Waals surface area contributed by atoms with Crippen LogP contribution in [0.3, 0.4) is 0 Å². The second kappa shape index (κ2) is 5.23. The summed E-state index contributed by atoms with van der Waals surface area (Å²) < 4.78 is 14.1. The van der Waals surface area contributed by atoms with Crippen molar-refractivity contribution in [3.05, 3.63) is 56.5 Å². The lowest BCUT2D eigenvalue weighted by Gasteiger charge is -2.20. The van der Waals surface area contributed by atoms with Crippen molar-refractivity contribution >= 4 is 22.9 Å². The van der Waals surface area contributed by atoms with E-state index in [4.69, 9.17) is 11.6 Å². The maximum atomic E-state index is 13.2. The van der Waals surface area contributed by atoms with E-state index >= 15 is 0 Å². The minimum Gasteiger partial charge on any atom is -0.303 e. The summed E-state index contributed by atoms with van der Waals surface area (Å²) in [6.45, 7) is 2.07. The van der Waals surface area contributed by atoms with Gasteiger partial charge in [-0.25, -0.2) is 4.39 Å². The van der Waals surface area contributed by atoms with Crippen LogP contribution in [-0.2, 0) is 6.42 Å². The molecule has 0 saturated heterocycles. The van der Waals surface area contributed by atoms with E-state index in [-0.39, 0.29) is 11.9 Å². The third-order valence-corrected chi connectivity index (χ3v) is 4.99. The minimum absolute atomic E-state index is 0.130. The molecule has 19 heavy (non-hydrogen) atoms. The van der Waals surface area contributed by atoms with Crippen LogP contribution < -0.4 is 5.32 Å². The summed E-state index contributed by atoms with van der Waals surface area (Å²) in [5, 5.41) is 3.57. The van der Waals surface area contributed by atoms with Gasteiger partial charge in [0.25, 0.3) is 0 Å². The van der Waals surface area contributed by atoms with Gasteiger partial charge in [-0.1, -0.05) is 23.7 Å². The Morgan fingerprint density at radius 3 is 3.05 bits per heavy atom. The van der Waals surface area contributed by atoms with Crippen molar-refractivity contribution in [2.75, 3.05) is 0 Å². The van der Waals surface area contributed by atoms with Gasteiger partial charge in [0.15, 0.2) is 0 Å². The van der Waals surface area contributed by atoms with Crippen molar-refractivity contribution in [1.82, 2.24) is 5.32 Å². The van der Waals surface area contributed by atoms with Gasteiger partial charge in [-0.05, 0) is 49.1 Å². The first kappa shape index (κ1) is 13.1. The van der Waals surface area contributed by atoms with Gasteiger partial charge in [0.05, 0.1) is 4.34 Å². The predicted octanol–water partition coefficient (Wildman–Crippen LogP) is 4.88. The van der Waals surface area contributed by atoms with Crippen molar-refractivity contribution in [2.24, 2.45) is 0 Å². The number of benzene rings is 1. The zero-order valence-corrected chi connectivity index (χ0v) is 12.2. The molecule has 2 atom stereocenters. The number of rotatable bonds is 3. The number of aryl methyl sites for hydroxylation is 1. The molecule has 0 aliphatic heterocycles. The van der Waals surface area contributed by atoms with Crippen LogP contribution in [0.1, 0.15) is 41.4 Å². The van der Waals surface area contributed by atoms with Crippen molar-refractivity contribution in [3.8, 4) is 0 Å². The molecule has 0 amide bonds. The lowest BCUT2D eigenvalue weighted by Crippen LogP contribution is -2.22. The normalized spacial score (nSPS) is 19.4. The Morgan fingerprint density at radius 1 is 1.42 bits per heavy atom. The predicted molar refractivity (Wildman–Crippen MR) is 78.3 cm³/mol. The first-order valence-electron chi connectivity index (χ1n) is 6.43. The fourth-order valence-corrected chi connectivity index (χ4v) is 4.03. The summed E-state index contributed by atoms with van der Waals surface area (Å²) in [5.74, 6) is -0.183. The van der Waals surface area contributed by atoms with Crippen molar-refractivity contribution in [1.29, 1.82) is 0 Å². The number of fused-ring (bicyclic) bond motifs is 1. The molecule has 1 heterocycles. The topological polar surface area (TPSA) is 12.0 Å². The number of nitrogens with one attached hydrogen (secondary N) is 1. The fraction of sp³-hybridized carbons (Fsp3) is 0.333. The number of hydrogen-bond donors (Lipinski definition) is 1. The van der Waals surface area contributed by atoms with Gasteiger partial charge in [0, 0.05) is 17.0 Å². The summed E-state index contributed by atoms with van der Waals surface area (Å²) in [4.78, 5) is 1.38. The van der Waals surface area contributed by atoms with Crippen molar-refractivity contribution in [2.45, 2.75) is 31.8 Å². The van der Waals surface area contributed by atoms with E-state index in [9.17, 15) is 4.39 Å². The van der Waals surface area contributed by atoms with E-state index in [1.165, 1.54) is 16.5 Å². The highest BCUT2D eigenvalue weighted by Crippen LogP contribution is 2.40. The van der Waals surface area contributed by atoms with Crippen molar-refractivity contribution < 1.29 is 4.39 Å². The molecule has 1 aliphatic rings. The monoisotopic (exact) mass is 295 g/mol. The molecular weight excluding hydrogens is 281 g/mol. The summed E-state index contributed by atoms with van der Waals surface area (Å²) >= 11 is 7.73. The smallest absolute Gasteiger partial charge is 0.123 e. The lowest BCUT2D eigenvalue weighted by atomic mass is 10.1. The Hall–Kier alpha value is -0.900. The maximum Gasteiger partial charge on any atom is 0.123 e. The van der Waals surface area contributed by atoms with Gasteiger partial charge >= 0.3 is 0 Å². The standard InChI is InChI=1S/C15H15ClFNS/c1-9(10-3-2-4-11(17)7-10)18-13-5-6-14-12(13)8-15(16)19-14/h2-4,7-9,13,18H,5-6H2,1H3/t9-,13?/m0/s1. The molecular formula is C15H15ClFNS. The number of halogens is 2. The summed E-state index contributed by atoms with van der Waals surface area (Å²) in [7, 11) is 0. The van der Waals surface area contributed by atoms with Crippen LogP contribution in [0.5, 0.6) is 0 Å². The van der Waals surface area contributed by atoms with Gasteiger partial charge in [-0.15, -0.1) is 11.3 Å². The molecule has 1 aliphatic carbocycles. The molecule has 0 saturated carbocycles. The molecule has 0 radical (unpaired) electrons. The third-order valence-electron chi connectivity index (χ3n) is 3.65. The van der Waals surface area contributed by atoms with Crippen LogP contribution in [0.15, 0.2) is 30.3 Å². The second-order valence-electron chi connectivity index (χ2n) is 4.96. The Morgan fingerprint density at radius 2 is 2.26 bits per heavy atom. The number of thiophene rings is 1. The van der Waals surface area contributed by atoms with Crippen LogP contribution in [0.25, 0.3) is 0 Å². The van der Waals surface area contributed by atoms with E-state index in [1.54, 1.807) is 23.5 Å². The SMILES string of the molecule is C[C@H](NC1CCc2sc(Cl)cc21)c1cccc(F)c1. The maximum absolute atomic E-state index is 13.2. The average Bonchev–Trinajstić information content (AvgIpc) is 2.90. The molecule has 1 aromatic carbocycles. The highest BCUT2D eigenvalue weighted by molar-refractivity contribution is 7.16. The van der Waals surface area contributed by atoms with Gasteiger partial charge in [-0.3, -0.25) is 0 Å². The van der Waals surface area contributed by atoms with Crippen LogP contribution in [0.4, 0.5) is 4.39 Å². The van der Waals surface area contributed by atoms with E-state index in [0.29, 0.717) is 6.04 Å². The second-order valence-corrected chi connectivity index (χ2v) is 6.73. The van der Waals surface area contributed by atoms with E-state index in [1.807, 2.05) is 6.07 Å². The average molecular weight is 296 g/mol. The zero-order chi connectivity index (χ0) is 13.4. The quantitative estimate of drug-likeness (QED) is 0.851.